The number of benzene rings is 2. The van der Waals surface area contributed by atoms with E-state index in [-0.39, 0.29) is 10.6 Å². The van der Waals surface area contributed by atoms with Crippen LogP contribution in [-0.4, -0.2) is 44.2 Å². The minimum atomic E-state index is -1.09. The molecule has 0 unspecified atom stereocenters. The molecule has 12 heteroatoms. The van der Waals surface area contributed by atoms with E-state index in [0.717, 1.165) is 77.0 Å². The van der Waals surface area contributed by atoms with E-state index in [4.69, 9.17) is 27.9 Å². The topological polar surface area (TPSA) is 81.5 Å². The van der Waals surface area contributed by atoms with Gasteiger partial charge in [0, 0.05) is 75.8 Å². The number of nitrogens with one attached hydrogen (secondary N) is 1. The summed E-state index contributed by atoms with van der Waals surface area (Å²) >= 11 is 18.9. The number of fused-ring (bicyclic) bond motifs is 2. The van der Waals surface area contributed by atoms with Crippen molar-refractivity contribution in [2.45, 2.75) is 46.3 Å². The van der Waals surface area contributed by atoms with E-state index in [9.17, 15) is 0 Å². The Labute approximate surface area is 284 Å². The zero-order chi connectivity index (χ0) is 31.6. The average Bonchev–Trinajstić information content (AvgIpc) is 3.54. The minimum absolute atomic E-state index is 0.259. The molecular formula is C32H32Br2Cl2N6OSi. The van der Waals surface area contributed by atoms with E-state index < -0.39 is 8.07 Å². The van der Waals surface area contributed by atoms with Crippen LogP contribution in [0.3, 0.4) is 0 Å². The molecule has 0 radical (unpaired) electrons. The van der Waals surface area contributed by atoms with Crippen LogP contribution in [0.4, 0.5) is 0 Å². The Bertz CT molecular complexity index is 1950. The number of aromatic nitrogens is 6. The molecule has 6 aromatic rings. The van der Waals surface area contributed by atoms with Crippen LogP contribution in [0.1, 0.15) is 11.1 Å². The third-order valence-corrected chi connectivity index (χ3v) is 10.2. The number of hydrogen-bond donors (Lipinski definition) is 1. The van der Waals surface area contributed by atoms with E-state index in [0.29, 0.717) is 6.73 Å². The summed E-state index contributed by atoms with van der Waals surface area (Å²) in [6.07, 6.45) is 7.54. The molecule has 0 aliphatic carbocycles. The van der Waals surface area contributed by atoms with Gasteiger partial charge in [0.25, 0.3) is 0 Å². The fourth-order valence-electron chi connectivity index (χ4n) is 4.78. The molecule has 0 aliphatic rings. The van der Waals surface area contributed by atoms with Crippen LogP contribution in [-0.2, 0) is 11.5 Å². The highest BCUT2D eigenvalue weighted by Gasteiger charge is 2.16. The number of nitrogens with zero attached hydrogens (tertiary/aromatic N) is 5. The van der Waals surface area contributed by atoms with Crippen LogP contribution in [0, 0.1) is 13.8 Å². The Hall–Kier alpha value is -2.60. The largest absolute Gasteiger partial charge is 0.361 e. The number of halogens is 4. The smallest absolute Gasteiger partial charge is 0.222 e. The predicted molar refractivity (Wildman–Crippen MR) is 191 cm³/mol. The fourth-order valence-corrected chi connectivity index (χ4v) is 6.52. The molecule has 0 fully saturated rings. The maximum atomic E-state index is 6.04. The second-order valence-electron chi connectivity index (χ2n) is 11.8. The number of H-pyrrole nitrogens is 1. The number of aromatic amines is 1. The molecule has 0 aliphatic heterocycles. The third kappa shape index (κ3) is 7.78. The summed E-state index contributed by atoms with van der Waals surface area (Å²) in [7, 11) is -1.09. The first-order valence-corrected chi connectivity index (χ1v) is 20.1. The summed E-state index contributed by atoms with van der Waals surface area (Å²) < 4.78 is 10.2. The molecule has 4 aromatic heterocycles. The number of aryl methyl sites for hydroxylation is 2. The van der Waals surface area contributed by atoms with Crippen LogP contribution in [0.25, 0.3) is 44.3 Å². The first kappa shape index (κ1) is 32.8. The van der Waals surface area contributed by atoms with Gasteiger partial charge in [-0.15, -0.1) is 0 Å². The second kappa shape index (κ2) is 13.8. The summed E-state index contributed by atoms with van der Waals surface area (Å²) in [5, 5.41) is 2.77. The highest BCUT2D eigenvalue weighted by atomic mass is 79.9. The van der Waals surface area contributed by atoms with E-state index >= 15 is 0 Å². The van der Waals surface area contributed by atoms with Crippen LogP contribution >= 0.6 is 55.1 Å². The summed E-state index contributed by atoms with van der Waals surface area (Å²) in [6.45, 7) is 12.4. The summed E-state index contributed by atoms with van der Waals surface area (Å²) in [4.78, 5) is 20.1. The molecule has 228 valence electrons. The molecule has 44 heavy (non-hydrogen) atoms. The van der Waals surface area contributed by atoms with Crippen LogP contribution in [0.5, 0.6) is 0 Å². The summed E-state index contributed by atoms with van der Waals surface area (Å²) in [6, 6.07) is 13.5. The van der Waals surface area contributed by atoms with Crippen molar-refractivity contribution in [1.82, 2.24) is 29.5 Å². The zero-order valence-corrected chi connectivity index (χ0v) is 30.7. The Morgan fingerprint density at radius 1 is 0.841 bits per heavy atom. The van der Waals surface area contributed by atoms with Crippen molar-refractivity contribution >= 4 is 84.9 Å². The molecule has 0 amide bonds. The average molecular weight is 775 g/mol. The van der Waals surface area contributed by atoms with Crippen molar-refractivity contribution in [2.24, 2.45) is 0 Å². The molecule has 4 heterocycles. The van der Waals surface area contributed by atoms with Gasteiger partial charge in [0.05, 0.1) is 16.9 Å². The molecule has 2 aromatic carbocycles. The van der Waals surface area contributed by atoms with Crippen molar-refractivity contribution in [2.75, 3.05) is 6.61 Å². The first-order valence-electron chi connectivity index (χ1n) is 14.0. The van der Waals surface area contributed by atoms with Gasteiger partial charge in [-0.2, -0.15) is 0 Å². The lowest BCUT2D eigenvalue weighted by Crippen LogP contribution is -2.21. The summed E-state index contributed by atoms with van der Waals surface area (Å²) in [5.74, 6) is 0. The van der Waals surface area contributed by atoms with Gasteiger partial charge in [0.15, 0.2) is 0 Å². The maximum absolute atomic E-state index is 6.04. The second-order valence-corrected chi connectivity index (χ2v) is 19.9. The molecule has 6 rings (SSSR count). The molecule has 0 saturated carbocycles. The molecule has 0 bridgehead atoms. The molecule has 0 saturated heterocycles. The first-order chi connectivity index (χ1) is 20.9. The Morgan fingerprint density at radius 2 is 1.43 bits per heavy atom. The molecule has 1 N–H and O–H groups in total. The van der Waals surface area contributed by atoms with E-state index in [1.807, 2.05) is 38.2 Å². The number of rotatable bonds is 7. The van der Waals surface area contributed by atoms with E-state index in [1.165, 1.54) is 0 Å². The van der Waals surface area contributed by atoms with Gasteiger partial charge in [0.1, 0.15) is 6.73 Å². The van der Waals surface area contributed by atoms with E-state index in [1.54, 1.807) is 12.4 Å². The number of hydrogen-bond acceptors (Lipinski definition) is 5. The van der Waals surface area contributed by atoms with E-state index in [2.05, 4.69) is 105 Å². The van der Waals surface area contributed by atoms with Crippen LogP contribution in [0.2, 0.25) is 36.3 Å². The highest BCUT2D eigenvalue weighted by molar-refractivity contribution is 9.10. The van der Waals surface area contributed by atoms with Gasteiger partial charge in [-0.05, 0) is 78.5 Å². The SMILES string of the molecule is Cc1cnc(Cl)nc1-c1c[nH]c2cc(Br)ccc12.Cc1cnc(Cl)nc1-c1cn(COCC[Si](C)(C)C)c2cc(Br)ccc12. The van der Waals surface area contributed by atoms with Gasteiger partial charge < -0.3 is 14.3 Å². The quantitative estimate of drug-likeness (QED) is 0.0992. The van der Waals surface area contributed by atoms with Crippen LogP contribution in [0.15, 0.2) is 70.1 Å². The zero-order valence-electron chi connectivity index (χ0n) is 25.1. The van der Waals surface area contributed by atoms with Gasteiger partial charge in [0.2, 0.25) is 10.6 Å². The van der Waals surface area contributed by atoms with Gasteiger partial charge in [-0.1, -0.05) is 63.6 Å². The summed E-state index contributed by atoms with van der Waals surface area (Å²) in [5.41, 5.74) is 7.98. The maximum Gasteiger partial charge on any atom is 0.222 e. The van der Waals surface area contributed by atoms with Crippen molar-refractivity contribution < 1.29 is 4.74 Å². The Morgan fingerprint density at radius 3 is 2.07 bits per heavy atom. The minimum Gasteiger partial charge on any atom is -0.361 e. The fraction of sp³-hybridized carbons (Fsp3) is 0.250. The van der Waals surface area contributed by atoms with Crippen molar-refractivity contribution in [3.05, 3.63) is 91.8 Å². The lowest BCUT2D eigenvalue weighted by molar-refractivity contribution is 0.0903. The Balaban J connectivity index is 0.000000186. The third-order valence-electron chi connectivity index (χ3n) is 7.11. The molecule has 7 nitrogen and oxygen atoms in total. The van der Waals surface area contributed by atoms with Gasteiger partial charge in [-0.3, -0.25) is 0 Å². The highest BCUT2D eigenvalue weighted by Crippen LogP contribution is 2.34. The van der Waals surface area contributed by atoms with Crippen LogP contribution < -0.4 is 0 Å². The predicted octanol–water partition coefficient (Wildman–Crippen LogP) is 10.5. The van der Waals surface area contributed by atoms with Crippen molar-refractivity contribution in [3.63, 3.8) is 0 Å². The molecular weight excluding hydrogens is 743 g/mol. The lowest BCUT2D eigenvalue weighted by atomic mass is 10.1. The van der Waals surface area contributed by atoms with Gasteiger partial charge >= 0.3 is 0 Å². The Kier molecular flexibility index (Phi) is 10.3. The standard InChI is InChI=1S/C19H23BrClN3OSi.C13H9BrClN3/c1-13-10-22-19(21)23-18(13)16-11-24(12-25-7-8-26(2,3)4)17-9-14(20)5-6-15(16)17;1-7-5-17-13(15)18-12(7)10-6-16-11-4-8(14)2-3-9(10)11/h5-6,9-11H,7-8,12H2,1-4H3;2-6,16H,1H3. The normalized spacial score (nSPS) is 11.7. The monoisotopic (exact) mass is 772 g/mol. The van der Waals surface area contributed by atoms with Crippen molar-refractivity contribution in [3.8, 4) is 22.5 Å². The van der Waals surface area contributed by atoms with Gasteiger partial charge in [-0.25, -0.2) is 19.9 Å². The lowest BCUT2D eigenvalue weighted by Gasteiger charge is -2.15. The molecule has 0 atom stereocenters. The number of ether oxygens (including phenoxy) is 1. The van der Waals surface area contributed by atoms with Crippen molar-refractivity contribution in [1.29, 1.82) is 0 Å². The molecule has 0 spiro atoms.